The van der Waals surface area contributed by atoms with Gasteiger partial charge < -0.3 is 19.0 Å². The van der Waals surface area contributed by atoms with Crippen LogP contribution in [-0.4, -0.2) is 36.4 Å². The first-order valence-corrected chi connectivity index (χ1v) is 13.3. The molecule has 1 aliphatic rings. The number of benzene rings is 1. The molecule has 0 aliphatic carbocycles. The van der Waals surface area contributed by atoms with Gasteiger partial charge in [0.2, 0.25) is 0 Å². The Morgan fingerprint density at radius 3 is 2.47 bits per heavy atom. The lowest BCUT2D eigenvalue weighted by Gasteiger charge is -2.25. The molecule has 3 aromatic heterocycles. The highest BCUT2D eigenvalue weighted by Gasteiger charge is 2.39. The largest absolute Gasteiger partial charge is 0.497 e. The Hall–Kier alpha value is -2.42. The number of furan rings is 1. The molecule has 4 heterocycles. The number of hydrogen-bond donors (Lipinski definition) is 1. The van der Waals surface area contributed by atoms with Gasteiger partial charge in [-0.25, -0.2) is 0 Å². The van der Waals surface area contributed by atoms with Crippen molar-refractivity contribution >= 4 is 22.7 Å². The smallest absolute Gasteiger partial charge is 0.191 e. The number of ether oxygens (including phenoxy) is 2. The van der Waals surface area contributed by atoms with Crippen LogP contribution in [0.15, 0.2) is 75.8 Å². The van der Waals surface area contributed by atoms with E-state index in [0.717, 1.165) is 53.8 Å². The molecule has 5 nitrogen and oxygen atoms in total. The molecular formula is C27H29NO4S2. The summed E-state index contributed by atoms with van der Waals surface area (Å²) in [4.78, 5) is 4.05. The number of thiophene rings is 2. The zero-order valence-electron chi connectivity index (χ0n) is 19.2. The Morgan fingerprint density at radius 2 is 1.82 bits per heavy atom. The van der Waals surface area contributed by atoms with Crippen LogP contribution in [0.25, 0.3) is 0 Å². The van der Waals surface area contributed by atoms with Crippen molar-refractivity contribution in [2.45, 2.75) is 37.6 Å². The maximum absolute atomic E-state index is 11.9. The van der Waals surface area contributed by atoms with Crippen LogP contribution in [0.1, 0.15) is 39.7 Å². The van der Waals surface area contributed by atoms with Crippen LogP contribution in [0.4, 0.5) is 0 Å². The number of hydrogen-bond acceptors (Lipinski definition) is 7. The van der Waals surface area contributed by atoms with Crippen LogP contribution in [0, 0.1) is 0 Å². The summed E-state index contributed by atoms with van der Waals surface area (Å²) in [5.41, 5.74) is -0.106. The Balaban J connectivity index is 1.40. The van der Waals surface area contributed by atoms with Crippen molar-refractivity contribution in [3.05, 3.63) is 98.3 Å². The fourth-order valence-corrected chi connectivity index (χ4v) is 6.25. The van der Waals surface area contributed by atoms with E-state index in [1.54, 1.807) is 7.11 Å². The van der Waals surface area contributed by atoms with Gasteiger partial charge in [-0.3, -0.25) is 4.90 Å². The summed E-state index contributed by atoms with van der Waals surface area (Å²) >= 11 is 3.06. The molecule has 1 atom stereocenters. The van der Waals surface area contributed by atoms with E-state index in [9.17, 15) is 5.11 Å². The van der Waals surface area contributed by atoms with E-state index >= 15 is 0 Å². The lowest BCUT2D eigenvalue weighted by atomic mass is 9.97. The predicted octanol–water partition coefficient (Wildman–Crippen LogP) is 5.88. The van der Waals surface area contributed by atoms with Gasteiger partial charge >= 0.3 is 0 Å². The zero-order valence-corrected chi connectivity index (χ0v) is 20.8. The second kappa shape index (κ2) is 10.5. The highest BCUT2D eigenvalue weighted by Crippen LogP contribution is 2.41. The number of rotatable bonds is 10. The molecular weight excluding hydrogens is 466 g/mol. The molecule has 5 rings (SSSR count). The fourth-order valence-electron chi connectivity index (χ4n) is 4.50. The molecule has 0 unspecified atom stereocenters. The molecule has 0 spiro atoms. The SMILES string of the molecule is COc1cccc(CN(Cc2ccc(C(O)(c3cccs3)c3cccs3)o2)C[C@H]2CCCO2)c1. The van der Waals surface area contributed by atoms with Gasteiger partial charge in [0.25, 0.3) is 0 Å². The quantitative estimate of drug-likeness (QED) is 0.298. The lowest BCUT2D eigenvalue weighted by Crippen LogP contribution is -2.31. The molecule has 0 saturated carbocycles. The third-order valence-electron chi connectivity index (χ3n) is 6.18. The summed E-state index contributed by atoms with van der Waals surface area (Å²) in [6, 6.07) is 19.9. The van der Waals surface area contributed by atoms with E-state index in [4.69, 9.17) is 13.9 Å². The fraction of sp³-hybridized carbons (Fsp3) is 0.333. The lowest BCUT2D eigenvalue weighted by molar-refractivity contribution is 0.0634. The summed E-state index contributed by atoms with van der Waals surface area (Å²) in [6.07, 6.45) is 2.42. The van der Waals surface area contributed by atoms with E-state index in [1.807, 2.05) is 59.3 Å². The monoisotopic (exact) mass is 495 g/mol. The molecule has 1 N–H and O–H groups in total. The van der Waals surface area contributed by atoms with Crippen LogP contribution in [-0.2, 0) is 23.4 Å². The van der Waals surface area contributed by atoms with E-state index in [1.165, 1.54) is 28.2 Å². The third kappa shape index (κ3) is 4.99. The summed E-state index contributed by atoms with van der Waals surface area (Å²) in [5.74, 6) is 2.22. The van der Waals surface area contributed by atoms with Gasteiger partial charge in [-0.15, -0.1) is 22.7 Å². The van der Waals surface area contributed by atoms with Crippen LogP contribution in [0.3, 0.4) is 0 Å². The molecule has 1 fully saturated rings. The van der Waals surface area contributed by atoms with Crippen molar-refractivity contribution < 1.29 is 19.0 Å². The summed E-state index contributed by atoms with van der Waals surface area (Å²) in [7, 11) is 1.69. The molecule has 1 aliphatic heterocycles. The molecule has 0 radical (unpaired) electrons. The van der Waals surface area contributed by atoms with E-state index in [0.29, 0.717) is 12.3 Å². The van der Waals surface area contributed by atoms with Gasteiger partial charge in [-0.2, -0.15) is 0 Å². The molecule has 0 amide bonds. The molecule has 4 aromatic rings. The molecule has 0 bridgehead atoms. The Labute approximate surface area is 208 Å². The zero-order chi connectivity index (χ0) is 23.4. The maximum atomic E-state index is 11.9. The van der Waals surface area contributed by atoms with Gasteiger partial charge in [-0.1, -0.05) is 24.3 Å². The average Bonchev–Trinajstić information content (AvgIpc) is 3.66. The van der Waals surface area contributed by atoms with Crippen LogP contribution >= 0.6 is 22.7 Å². The van der Waals surface area contributed by atoms with Gasteiger partial charge in [-0.05, 0) is 65.6 Å². The minimum atomic E-state index is -1.28. The van der Waals surface area contributed by atoms with Gasteiger partial charge in [0.1, 0.15) is 17.3 Å². The van der Waals surface area contributed by atoms with Crippen molar-refractivity contribution in [1.82, 2.24) is 4.90 Å². The molecule has 1 aromatic carbocycles. The maximum Gasteiger partial charge on any atom is 0.191 e. The second-order valence-corrected chi connectivity index (χ2v) is 10.5. The normalized spacial score (nSPS) is 16.4. The summed E-state index contributed by atoms with van der Waals surface area (Å²) in [6.45, 7) is 3.04. The summed E-state index contributed by atoms with van der Waals surface area (Å²) < 4.78 is 17.7. The minimum Gasteiger partial charge on any atom is -0.497 e. The van der Waals surface area contributed by atoms with Gasteiger partial charge in [0, 0.05) is 29.5 Å². The van der Waals surface area contributed by atoms with E-state index < -0.39 is 5.60 Å². The predicted molar refractivity (Wildman–Crippen MR) is 136 cm³/mol. The summed E-state index contributed by atoms with van der Waals surface area (Å²) in [5, 5.41) is 15.8. The van der Waals surface area contributed by atoms with E-state index in [-0.39, 0.29) is 6.10 Å². The van der Waals surface area contributed by atoms with Crippen molar-refractivity contribution in [1.29, 1.82) is 0 Å². The third-order valence-corrected chi connectivity index (χ3v) is 8.14. The number of nitrogens with zero attached hydrogens (tertiary/aromatic N) is 1. The average molecular weight is 496 g/mol. The van der Waals surface area contributed by atoms with Gasteiger partial charge in [0.15, 0.2) is 5.60 Å². The van der Waals surface area contributed by atoms with Crippen molar-refractivity contribution in [3.63, 3.8) is 0 Å². The second-order valence-electron chi connectivity index (χ2n) is 8.59. The standard InChI is InChI=1S/C27H29NO4S2/c1-30-21-7-2-6-20(16-21)17-28(18-22-8-3-13-31-22)19-23-11-12-24(32-23)27(29,25-9-4-14-33-25)26-10-5-15-34-26/h2,4-7,9-12,14-16,22,29H,3,8,13,17-19H2,1H3/t22-/m1/s1. The molecule has 1 saturated heterocycles. The van der Waals surface area contributed by atoms with Gasteiger partial charge in [0.05, 0.1) is 19.8 Å². The van der Waals surface area contributed by atoms with Crippen molar-refractivity contribution in [2.24, 2.45) is 0 Å². The Bertz CT molecular complexity index is 1130. The molecule has 178 valence electrons. The van der Waals surface area contributed by atoms with Crippen molar-refractivity contribution in [3.8, 4) is 5.75 Å². The van der Waals surface area contributed by atoms with E-state index in [2.05, 4.69) is 17.0 Å². The molecule has 7 heteroatoms. The Kier molecular flexibility index (Phi) is 7.18. The topological polar surface area (TPSA) is 55.1 Å². The highest BCUT2D eigenvalue weighted by atomic mass is 32.1. The molecule has 34 heavy (non-hydrogen) atoms. The number of methoxy groups -OCH3 is 1. The van der Waals surface area contributed by atoms with Crippen LogP contribution in [0.5, 0.6) is 5.75 Å². The van der Waals surface area contributed by atoms with Crippen LogP contribution < -0.4 is 4.74 Å². The first-order chi connectivity index (χ1) is 16.6. The minimum absolute atomic E-state index is 0.231. The first kappa shape index (κ1) is 23.3. The van der Waals surface area contributed by atoms with Crippen LogP contribution in [0.2, 0.25) is 0 Å². The Morgan fingerprint density at radius 1 is 1.03 bits per heavy atom. The van der Waals surface area contributed by atoms with Crippen molar-refractivity contribution in [2.75, 3.05) is 20.3 Å². The number of aliphatic hydroxyl groups is 1. The highest BCUT2D eigenvalue weighted by molar-refractivity contribution is 7.11. The first-order valence-electron chi connectivity index (χ1n) is 11.5.